The lowest BCUT2D eigenvalue weighted by Crippen LogP contribution is -2.28. The molecule has 0 saturated heterocycles. The van der Waals surface area contributed by atoms with Crippen LogP contribution in [0.2, 0.25) is 0 Å². The second kappa shape index (κ2) is 17.4. The molecule has 0 bridgehead atoms. The summed E-state index contributed by atoms with van der Waals surface area (Å²) in [5, 5.41) is 4.99. The number of nitrogens with zero attached hydrogens (tertiary/aromatic N) is 2. The van der Waals surface area contributed by atoms with Crippen LogP contribution in [-0.2, 0) is 5.41 Å². The molecule has 1 aromatic heterocycles. The summed E-state index contributed by atoms with van der Waals surface area (Å²) in [6.07, 6.45) is 0. The lowest BCUT2D eigenvalue weighted by Gasteiger charge is -2.35. The van der Waals surface area contributed by atoms with Crippen molar-refractivity contribution in [3.63, 3.8) is 0 Å². The zero-order valence-corrected chi connectivity index (χ0v) is 40.1. The number of benzene rings is 12. The molecule has 0 aliphatic heterocycles. The summed E-state index contributed by atoms with van der Waals surface area (Å²) in [5.74, 6) is 0. The average Bonchev–Trinajstić information content (AvgIpc) is 4.00. The van der Waals surface area contributed by atoms with E-state index in [0.717, 1.165) is 28.3 Å². The summed E-state index contributed by atoms with van der Waals surface area (Å²) in [5.41, 5.74) is 21.0. The van der Waals surface area contributed by atoms with Gasteiger partial charge < -0.3 is 9.47 Å². The zero-order chi connectivity index (χ0) is 48.3. The van der Waals surface area contributed by atoms with E-state index in [2.05, 4.69) is 301 Å². The van der Waals surface area contributed by atoms with Crippen molar-refractivity contribution in [2.75, 3.05) is 4.90 Å². The normalized spacial score (nSPS) is 12.5. The molecule has 0 saturated carbocycles. The Balaban J connectivity index is 0.948. The fourth-order valence-corrected chi connectivity index (χ4v) is 12.1. The van der Waals surface area contributed by atoms with Crippen LogP contribution in [0.15, 0.2) is 291 Å². The molecule has 0 spiro atoms. The van der Waals surface area contributed by atoms with Crippen LogP contribution in [0.3, 0.4) is 0 Å². The molecule has 1 heterocycles. The Kier molecular flexibility index (Phi) is 10.1. The van der Waals surface area contributed by atoms with Crippen molar-refractivity contribution >= 4 is 49.6 Å². The first-order valence-electron chi connectivity index (χ1n) is 25.3. The second-order valence-electron chi connectivity index (χ2n) is 19.1. The van der Waals surface area contributed by atoms with Crippen LogP contribution in [0.25, 0.3) is 82.8 Å². The van der Waals surface area contributed by atoms with Crippen LogP contribution in [-0.4, -0.2) is 4.57 Å². The third-order valence-electron chi connectivity index (χ3n) is 15.3. The fourth-order valence-electron chi connectivity index (χ4n) is 12.1. The number of anilines is 3. The van der Waals surface area contributed by atoms with Crippen LogP contribution < -0.4 is 4.90 Å². The van der Waals surface area contributed by atoms with Crippen molar-refractivity contribution in [1.82, 2.24) is 4.57 Å². The van der Waals surface area contributed by atoms with Crippen LogP contribution in [0.5, 0.6) is 0 Å². The summed E-state index contributed by atoms with van der Waals surface area (Å²) < 4.78 is 2.43. The Morgan fingerprint density at radius 3 is 1.33 bits per heavy atom. The standard InChI is InChI=1S/C71H48N2/c1-4-20-49(21-5-1)59-32-18-22-52-23-19-33-60(70(52)59)51-40-44-56(45-41-51)72(55-42-38-50(39-43-55)58-28-11-15-35-67(58)73-68-36-16-12-30-63(68)64-31-13-17-37-69(64)73)57-46-47-62-61-29-10-14-34-65(61)71(66(62)48-57,53-24-6-2-7-25-53)54-26-8-3-9-27-54/h1-48H. The topological polar surface area (TPSA) is 8.17 Å². The molecule has 0 fully saturated rings. The minimum atomic E-state index is -0.537. The number of fused-ring (bicyclic) bond motifs is 7. The molecule has 0 N–H and O–H groups in total. The number of aromatic nitrogens is 1. The van der Waals surface area contributed by atoms with Gasteiger partial charge in [-0.15, -0.1) is 0 Å². The van der Waals surface area contributed by atoms with E-state index in [-0.39, 0.29) is 0 Å². The van der Waals surface area contributed by atoms with Crippen LogP contribution in [0.4, 0.5) is 17.1 Å². The first-order valence-corrected chi connectivity index (χ1v) is 25.3. The highest BCUT2D eigenvalue weighted by molar-refractivity contribution is 6.10. The van der Waals surface area contributed by atoms with Gasteiger partial charge in [-0.1, -0.05) is 237 Å². The second-order valence-corrected chi connectivity index (χ2v) is 19.1. The molecule has 0 amide bonds. The van der Waals surface area contributed by atoms with Crippen molar-refractivity contribution in [1.29, 1.82) is 0 Å². The van der Waals surface area contributed by atoms with Crippen molar-refractivity contribution in [3.05, 3.63) is 313 Å². The summed E-state index contributed by atoms with van der Waals surface area (Å²) in [6, 6.07) is 107. The van der Waals surface area contributed by atoms with Crippen molar-refractivity contribution < 1.29 is 0 Å². The SMILES string of the molecule is c1ccc(-c2cccc3cccc(-c4ccc(N(c5ccc(-c6ccccc6-n6c7ccccc7c7ccccc76)cc5)c5ccc6c(c5)C(c5ccccc5)(c5ccccc5)c5ccccc5-6)cc4)c23)cc1. The maximum absolute atomic E-state index is 2.46. The minimum absolute atomic E-state index is 0.537. The fraction of sp³-hybridized carbons (Fsp3) is 0.0141. The number of hydrogen-bond acceptors (Lipinski definition) is 1. The third kappa shape index (κ3) is 6.79. The number of rotatable bonds is 9. The van der Waals surface area contributed by atoms with Gasteiger partial charge in [-0.25, -0.2) is 0 Å². The van der Waals surface area contributed by atoms with Gasteiger partial charge in [0.15, 0.2) is 0 Å². The van der Waals surface area contributed by atoms with Crippen LogP contribution >= 0.6 is 0 Å². The van der Waals surface area contributed by atoms with E-state index < -0.39 is 5.41 Å². The van der Waals surface area contributed by atoms with Crippen molar-refractivity contribution in [2.45, 2.75) is 5.41 Å². The summed E-state index contributed by atoms with van der Waals surface area (Å²) in [7, 11) is 0. The molecule has 13 aromatic rings. The lowest BCUT2D eigenvalue weighted by molar-refractivity contribution is 0.768. The van der Waals surface area contributed by atoms with Crippen LogP contribution in [0, 0.1) is 0 Å². The van der Waals surface area contributed by atoms with Crippen molar-refractivity contribution in [2.24, 2.45) is 0 Å². The van der Waals surface area contributed by atoms with E-state index in [4.69, 9.17) is 0 Å². The molecule has 2 heteroatoms. The predicted molar refractivity (Wildman–Crippen MR) is 307 cm³/mol. The highest BCUT2D eigenvalue weighted by Gasteiger charge is 2.46. The van der Waals surface area contributed by atoms with Gasteiger partial charge in [0.1, 0.15) is 0 Å². The zero-order valence-electron chi connectivity index (χ0n) is 40.1. The Morgan fingerprint density at radius 1 is 0.288 bits per heavy atom. The molecule has 12 aromatic carbocycles. The maximum atomic E-state index is 2.46. The molecule has 0 atom stereocenters. The van der Waals surface area contributed by atoms with Gasteiger partial charge in [0, 0.05) is 33.4 Å². The molecular formula is C71H48N2. The molecule has 0 radical (unpaired) electrons. The van der Waals surface area contributed by atoms with E-state index in [1.54, 1.807) is 0 Å². The monoisotopic (exact) mass is 928 g/mol. The van der Waals surface area contributed by atoms with Gasteiger partial charge in [0.2, 0.25) is 0 Å². The predicted octanol–water partition coefficient (Wildman–Crippen LogP) is 18.8. The number of hydrogen-bond donors (Lipinski definition) is 0. The Hall–Kier alpha value is -9.50. The number of para-hydroxylation sites is 3. The van der Waals surface area contributed by atoms with Gasteiger partial charge in [0.25, 0.3) is 0 Å². The third-order valence-corrected chi connectivity index (χ3v) is 15.3. The summed E-state index contributed by atoms with van der Waals surface area (Å²) >= 11 is 0. The molecule has 2 nitrogen and oxygen atoms in total. The van der Waals surface area contributed by atoms with Crippen LogP contribution in [0.1, 0.15) is 22.3 Å². The van der Waals surface area contributed by atoms with E-state index in [1.807, 2.05) is 0 Å². The van der Waals surface area contributed by atoms with Gasteiger partial charge in [-0.3, -0.25) is 0 Å². The Morgan fingerprint density at radius 2 is 0.726 bits per heavy atom. The molecule has 1 aliphatic carbocycles. The average molecular weight is 929 g/mol. The highest BCUT2D eigenvalue weighted by atomic mass is 15.1. The molecule has 342 valence electrons. The van der Waals surface area contributed by atoms with Crippen molar-refractivity contribution in [3.8, 4) is 50.2 Å². The molecular weight excluding hydrogens is 881 g/mol. The van der Waals surface area contributed by atoms with E-state index in [9.17, 15) is 0 Å². The van der Waals surface area contributed by atoms with Gasteiger partial charge in [-0.2, -0.15) is 0 Å². The quantitative estimate of drug-likeness (QED) is 0.140. The Labute approximate surface area is 426 Å². The van der Waals surface area contributed by atoms with E-state index >= 15 is 0 Å². The summed E-state index contributed by atoms with van der Waals surface area (Å²) in [4.78, 5) is 2.44. The van der Waals surface area contributed by atoms with E-state index in [0.29, 0.717) is 0 Å². The van der Waals surface area contributed by atoms with Gasteiger partial charge >= 0.3 is 0 Å². The highest BCUT2D eigenvalue weighted by Crippen LogP contribution is 2.57. The molecule has 1 aliphatic rings. The maximum Gasteiger partial charge on any atom is 0.0714 e. The Bertz CT molecular complexity index is 4070. The molecule has 14 rings (SSSR count). The largest absolute Gasteiger partial charge is 0.310 e. The first-order chi connectivity index (χ1) is 36.2. The first kappa shape index (κ1) is 42.4. The van der Waals surface area contributed by atoms with Gasteiger partial charge in [0.05, 0.1) is 22.1 Å². The molecule has 0 unspecified atom stereocenters. The van der Waals surface area contributed by atoms with Gasteiger partial charge in [-0.05, 0) is 127 Å². The minimum Gasteiger partial charge on any atom is -0.310 e. The van der Waals surface area contributed by atoms with E-state index in [1.165, 1.54) is 93.8 Å². The summed E-state index contributed by atoms with van der Waals surface area (Å²) in [6.45, 7) is 0. The molecule has 73 heavy (non-hydrogen) atoms. The smallest absolute Gasteiger partial charge is 0.0714 e. The lowest BCUT2D eigenvalue weighted by atomic mass is 9.67.